The molecule has 3 rings (SSSR count). The Balaban J connectivity index is 2.15. The van der Waals surface area contributed by atoms with E-state index in [4.69, 9.17) is 4.74 Å². The van der Waals surface area contributed by atoms with Crippen LogP contribution in [0.25, 0.3) is 0 Å². The van der Waals surface area contributed by atoms with E-state index in [0.717, 1.165) is 12.8 Å². The van der Waals surface area contributed by atoms with Crippen molar-refractivity contribution in [2.45, 2.75) is 88.0 Å². The predicted molar refractivity (Wildman–Crippen MR) is 127 cm³/mol. The molecule has 3 heterocycles. The molecule has 0 saturated carbocycles. The van der Waals surface area contributed by atoms with Crippen LogP contribution in [0.5, 0.6) is 0 Å². The minimum atomic E-state index is -1.23. The number of nitrogens with zero attached hydrogens (tertiary/aromatic N) is 2. The van der Waals surface area contributed by atoms with Crippen LogP contribution in [0.3, 0.4) is 0 Å². The second-order valence-electron chi connectivity index (χ2n) is 9.80. The van der Waals surface area contributed by atoms with Gasteiger partial charge in [0.1, 0.15) is 11.6 Å². The van der Waals surface area contributed by atoms with Crippen molar-refractivity contribution in [1.29, 1.82) is 0 Å². The molecule has 9 atom stereocenters. The van der Waals surface area contributed by atoms with Gasteiger partial charge in [0.25, 0.3) is 0 Å². The quantitative estimate of drug-likeness (QED) is 0.315. The van der Waals surface area contributed by atoms with Crippen LogP contribution in [0.1, 0.15) is 53.4 Å². The van der Waals surface area contributed by atoms with Crippen molar-refractivity contribution in [2.24, 2.45) is 17.8 Å². The molecule has 8 nitrogen and oxygen atoms in total. The number of carboxylic acids is 1. The number of halogens is 1. The van der Waals surface area contributed by atoms with Crippen LogP contribution in [0.2, 0.25) is 0 Å². The zero-order valence-electron chi connectivity index (χ0n) is 19.9. The number of rotatable bonds is 11. The highest BCUT2D eigenvalue weighted by Crippen LogP contribution is 2.60. The summed E-state index contributed by atoms with van der Waals surface area (Å²) in [6.45, 7) is 11.7. The van der Waals surface area contributed by atoms with Gasteiger partial charge in [0, 0.05) is 17.4 Å². The molecule has 2 bridgehead atoms. The van der Waals surface area contributed by atoms with Crippen molar-refractivity contribution in [3.63, 3.8) is 0 Å². The van der Waals surface area contributed by atoms with E-state index in [-0.39, 0.29) is 29.3 Å². The summed E-state index contributed by atoms with van der Waals surface area (Å²) in [7, 11) is 0. The van der Waals surface area contributed by atoms with Crippen molar-refractivity contribution in [3.8, 4) is 0 Å². The topological polar surface area (TPSA) is 107 Å². The van der Waals surface area contributed by atoms with Gasteiger partial charge in [-0.2, -0.15) is 0 Å². The Bertz CT molecular complexity index is 793. The van der Waals surface area contributed by atoms with E-state index in [2.05, 4.69) is 22.5 Å². The first-order valence-corrected chi connectivity index (χ1v) is 12.9. The molecule has 0 radical (unpaired) electrons. The fraction of sp³-hybridized carbons (Fsp3) is 0.792. The molecule has 186 valence electrons. The maximum atomic E-state index is 14.2. The first-order valence-electron chi connectivity index (χ1n) is 12.0. The minimum absolute atomic E-state index is 0.0781. The molecule has 0 aliphatic carbocycles. The number of carboxylic acid groups (broad SMARTS) is 1. The minimum Gasteiger partial charge on any atom is -0.481 e. The summed E-state index contributed by atoms with van der Waals surface area (Å²) in [5.74, 6) is -3.82. The van der Waals surface area contributed by atoms with Gasteiger partial charge in [0.2, 0.25) is 11.8 Å². The fourth-order valence-corrected chi connectivity index (χ4v) is 7.10. The molecule has 0 aromatic rings. The average Bonchev–Trinajstić information content (AvgIpc) is 3.36. The lowest BCUT2D eigenvalue weighted by molar-refractivity contribution is -0.155. The Morgan fingerprint density at radius 3 is 2.58 bits per heavy atom. The van der Waals surface area contributed by atoms with Crippen LogP contribution in [0.4, 0.5) is 0 Å². The summed E-state index contributed by atoms with van der Waals surface area (Å²) >= 11 is 3.56. The molecule has 0 aromatic heterocycles. The van der Waals surface area contributed by atoms with Crippen molar-refractivity contribution >= 4 is 33.7 Å². The summed E-state index contributed by atoms with van der Waals surface area (Å²) in [6.07, 6.45) is 3.73. The number of hydrogen-bond acceptors (Lipinski definition) is 5. The van der Waals surface area contributed by atoms with Crippen LogP contribution in [0.15, 0.2) is 12.7 Å². The van der Waals surface area contributed by atoms with Gasteiger partial charge in [-0.1, -0.05) is 55.6 Å². The van der Waals surface area contributed by atoms with E-state index in [9.17, 15) is 24.6 Å². The third-order valence-corrected chi connectivity index (χ3v) is 8.78. The molecule has 2 amide bonds. The number of fused-ring (bicyclic) bond motifs is 1. The van der Waals surface area contributed by atoms with Gasteiger partial charge in [0.15, 0.2) is 0 Å². The van der Waals surface area contributed by atoms with Crippen LogP contribution >= 0.6 is 15.9 Å². The molecule has 0 aromatic carbocycles. The van der Waals surface area contributed by atoms with Crippen molar-refractivity contribution in [2.75, 3.05) is 13.2 Å². The van der Waals surface area contributed by atoms with E-state index < -0.39 is 47.5 Å². The monoisotopic (exact) mass is 528 g/mol. The van der Waals surface area contributed by atoms with E-state index in [1.165, 1.54) is 4.90 Å². The standard InChI is InChI=1S/C24H37BrN2O6/c1-6-9-14(5)26(10-7-2)22(30)20-24-11-15(25)19(33-24)17(23(31)32)18(24)21(29)27(20)16(12-28)13(4)8-3/h7,13-20,28H,2,6,8-12H2,1,3-5H3,(H,31,32)/t13-,14?,15?,16-,17+,18-,19+,20+,24-/m0/s1. The van der Waals surface area contributed by atoms with E-state index in [1.807, 2.05) is 27.7 Å². The Kier molecular flexibility index (Phi) is 7.96. The first kappa shape index (κ1) is 26.2. The van der Waals surface area contributed by atoms with E-state index in [0.29, 0.717) is 19.4 Å². The number of likely N-dealkylation sites (tertiary alicyclic amines) is 1. The molecule has 3 saturated heterocycles. The van der Waals surface area contributed by atoms with Crippen molar-refractivity contribution in [3.05, 3.63) is 12.7 Å². The maximum absolute atomic E-state index is 14.2. The highest BCUT2D eigenvalue weighted by Gasteiger charge is 2.77. The average molecular weight is 529 g/mol. The highest BCUT2D eigenvalue weighted by molar-refractivity contribution is 9.09. The summed E-state index contributed by atoms with van der Waals surface area (Å²) in [5, 5.41) is 20.3. The molecule has 3 fully saturated rings. The normalized spacial score (nSPS) is 35.3. The summed E-state index contributed by atoms with van der Waals surface area (Å²) < 4.78 is 6.34. The molecule has 33 heavy (non-hydrogen) atoms. The number of aliphatic hydroxyl groups is 1. The first-order chi connectivity index (χ1) is 15.6. The third-order valence-electron chi connectivity index (χ3n) is 7.94. The molecule has 9 heteroatoms. The second-order valence-corrected chi connectivity index (χ2v) is 11.0. The number of ether oxygens (including phenoxy) is 1. The van der Waals surface area contributed by atoms with Crippen LogP contribution in [-0.4, -0.2) is 85.6 Å². The van der Waals surface area contributed by atoms with Gasteiger partial charge in [0.05, 0.1) is 30.6 Å². The number of amides is 2. The lowest BCUT2D eigenvalue weighted by Crippen LogP contribution is -2.61. The molecule has 1 spiro atoms. The van der Waals surface area contributed by atoms with Crippen LogP contribution in [-0.2, 0) is 19.1 Å². The number of aliphatic hydroxyl groups excluding tert-OH is 1. The van der Waals surface area contributed by atoms with E-state index >= 15 is 0 Å². The van der Waals surface area contributed by atoms with Gasteiger partial charge >= 0.3 is 5.97 Å². The summed E-state index contributed by atoms with van der Waals surface area (Å²) in [4.78, 5) is 43.2. The lowest BCUT2D eigenvalue weighted by atomic mass is 9.70. The molecule has 3 aliphatic heterocycles. The zero-order valence-corrected chi connectivity index (χ0v) is 21.5. The summed E-state index contributed by atoms with van der Waals surface area (Å²) in [5.41, 5.74) is -1.23. The highest BCUT2D eigenvalue weighted by atomic mass is 79.9. The number of alkyl halides is 1. The smallest absolute Gasteiger partial charge is 0.310 e. The van der Waals surface area contributed by atoms with Crippen molar-refractivity contribution in [1.82, 2.24) is 9.80 Å². The summed E-state index contributed by atoms with van der Waals surface area (Å²) in [6, 6.07) is -1.68. The third kappa shape index (κ3) is 4.04. The van der Waals surface area contributed by atoms with E-state index in [1.54, 1.807) is 11.0 Å². The van der Waals surface area contributed by atoms with Crippen LogP contribution < -0.4 is 0 Å². The lowest BCUT2D eigenvalue weighted by Gasteiger charge is -2.42. The number of carbonyl (C=O) groups excluding carboxylic acids is 2. The van der Waals surface area contributed by atoms with Gasteiger partial charge in [-0.3, -0.25) is 14.4 Å². The maximum Gasteiger partial charge on any atom is 0.310 e. The number of hydrogen-bond donors (Lipinski definition) is 2. The Hall–Kier alpha value is -1.45. The predicted octanol–water partition coefficient (Wildman–Crippen LogP) is 2.43. The SMILES string of the molecule is C=CCN(C(=O)[C@H]1N([C@@H](CO)[C@@H](C)CC)C(=O)[C@@H]2[C@@H](C(=O)O)[C@@H]3O[C@@]21CC3Br)C(C)CCC. The van der Waals surface area contributed by atoms with Crippen LogP contribution in [0, 0.1) is 17.8 Å². The molecule has 2 N–H and O–H groups in total. The van der Waals surface area contributed by atoms with Gasteiger partial charge < -0.3 is 24.7 Å². The van der Waals surface area contributed by atoms with Gasteiger partial charge in [-0.25, -0.2) is 0 Å². The Labute approximate surface area is 204 Å². The molecular weight excluding hydrogens is 492 g/mol. The number of aliphatic carboxylic acids is 1. The fourth-order valence-electron chi connectivity index (χ4n) is 6.16. The Morgan fingerprint density at radius 2 is 2.06 bits per heavy atom. The van der Waals surface area contributed by atoms with Gasteiger partial charge in [-0.15, -0.1) is 6.58 Å². The zero-order chi connectivity index (χ0) is 24.7. The number of carbonyl (C=O) groups is 3. The molecule has 2 unspecified atom stereocenters. The van der Waals surface area contributed by atoms with Gasteiger partial charge in [-0.05, 0) is 25.7 Å². The molecular formula is C24H37BrN2O6. The Morgan fingerprint density at radius 1 is 1.39 bits per heavy atom. The largest absolute Gasteiger partial charge is 0.481 e. The molecule has 3 aliphatic rings. The van der Waals surface area contributed by atoms with Crippen molar-refractivity contribution < 1.29 is 29.3 Å². The second kappa shape index (κ2) is 10.0.